The summed E-state index contributed by atoms with van der Waals surface area (Å²) in [7, 11) is 0. The average molecular weight is 263 g/mol. The van der Waals surface area contributed by atoms with Crippen molar-refractivity contribution in [3.05, 3.63) is 71.7 Å². The Kier molecular flexibility index (Phi) is 3.17. The van der Waals surface area contributed by atoms with Crippen LogP contribution in [0.3, 0.4) is 0 Å². The smallest absolute Gasteiger partial charge is 0.328 e. The minimum atomic E-state index is 0.209. The van der Waals surface area contributed by atoms with Gasteiger partial charge in [-0.1, -0.05) is 42.5 Å². The number of hydrogen-bond acceptors (Lipinski definition) is 2. The van der Waals surface area contributed by atoms with Crippen LogP contribution < -0.4 is 4.40 Å². The van der Waals surface area contributed by atoms with Crippen molar-refractivity contribution >= 4 is 17.8 Å². The van der Waals surface area contributed by atoms with Crippen LogP contribution in [0, 0.1) is 6.92 Å². The molecule has 2 heterocycles. The Hall–Kier alpha value is -2.68. The Labute approximate surface area is 117 Å². The lowest BCUT2D eigenvalue weighted by Gasteiger charge is -2.00. The fourth-order valence-corrected chi connectivity index (χ4v) is 2.14. The number of nitrogens with zero attached hydrogens (tertiary/aromatic N) is 2. The maximum absolute atomic E-state index is 10.2. The van der Waals surface area contributed by atoms with Gasteiger partial charge in [0.15, 0.2) is 5.69 Å². The molecule has 0 spiro atoms. The molecule has 3 nitrogen and oxygen atoms in total. The molecule has 0 unspecified atom stereocenters. The first-order valence-electron chi connectivity index (χ1n) is 6.49. The van der Waals surface area contributed by atoms with Gasteiger partial charge >= 0.3 is 5.65 Å². The molecule has 0 bridgehead atoms. The van der Waals surface area contributed by atoms with Crippen molar-refractivity contribution in [2.24, 2.45) is 0 Å². The van der Waals surface area contributed by atoms with Gasteiger partial charge in [-0.3, -0.25) is 0 Å². The zero-order chi connectivity index (χ0) is 13.9. The largest absolute Gasteiger partial charge is 0.501 e. The summed E-state index contributed by atoms with van der Waals surface area (Å²) >= 11 is 0. The molecule has 0 radical (unpaired) electrons. The molecule has 0 aliphatic rings. The zero-order valence-corrected chi connectivity index (χ0v) is 11.2. The molecule has 3 heteroatoms. The second kappa shape index (κ2) is 5.13. The molecule has 1 aromatic carbocycles. The first-order valence-corrected chi connectivity index (χ1v) is 6.49. The molecule has 1 N–H and O–H groups in total. The zero-order valence-electron chi connectivity index (χ0n) is 11.2. The van der Waals surface area contributed by atoms with Gasteiger partial charge in [-0.15, -0.1) is 0 Å². The minimum Gasteiger partial charge on any atom is -0.501 e. The highest BCUT2D eigenvalue weighted by molar-refractivity contribution is 5.71. The number of fused-ring (bicyclic) bond motifs is 1. The summed E-state index contributed by atoms with van der Waals surface area (Å²) in [5, 5.41) is 10.2. The average Bonchev–Trinajstić information content (AvgIpc) is 2.50. The number of aromatic nitrogens is 2. The molecular formula is C17H15N2O+. The van der Waals surface area contributed by atoms with Crippen LogP contribution in [0.15, 0.2) is 54.7 Å². The Balaban J connectivity index is 2.08. The fourth-order valence-electron chi connectivity index (χ4n) is 2.14. The fraction of sp³-hybridized carbons (Fsp3) is 0.0588. The van der Waals surface area contributed by atoms with E-state index in [1.807, 2.05) is 78.2 Å². The highest BCUT2D eigenvalue weighted by Gasteiger charge is 2.16. The van der Waals surface area contributed by atoms with E-state index in [0.29, 0.717) is 5.69 Å². The van der Waals surface area contributed by atoms with Crippen molar-refractivity contribution in [1.29, 1.82) is 0 Å². The predicted molar refractivity (Wildman–Crippen MR) is 79.2 cm³/mol. The van der Waals surface area contributed by atoms with Crippen molar-refractivity contribution in [2.75, 3.05) is 0 Å². The molecule has 3 rings (SSSR count). The van der Waals surface area contributed by atoms with E-state index in [2.05, 4.69) is 4.98 Å². The van der Waals surface area contributed by atoms with Gasteiger partial charge in [0.05, 0.1) is 6.20 Å². The number of benzene rings is 1. The maximum Gasteiger partial charge on any atom is 0.328 e. The van der Waals surface area contributed by atoms with Gasteiger partial charge < -0.3 is 5.11 Å². The van der Waals surface area contributed by atoms with Gasteiger partial charge in [0.25, 0.3) is 0 Å². The van der Waals surface area contributed by atoms with Gasteiger partial charge in [-0.25, -0.2) is 0 Å². The van der Waals surface area contributed by atoms with Crippen LogP contribution >= 0.6 is 0 Å². The molecule has 0 aliphatic heterocycles. The highest BCUT2D eigenvalue weighted by atomic mass is 16.3. The molecular weight excluding hydrogens is 248 g/mol. The summed E-state index contributed by atoms with van der Waals surface area (Å²) < 4.78 is 1.87. The van der Waals surface area contributed by atoms with Gasteiger partial charge in [0, 0.05) is 13.0 Å². The predicted octanol–water partition coefficient (Wildman–Crippen LogP) is 3.00. The van der Waals surface area contributed by atoms with E-state index >= 15 is 0 Å². The van der Waals surface area contributed by atoms with Crippen molar-refractivity contribution in [2.45, 2.75) is 6.92 Å². The van der Waals surface area contributed by atoms with Gasteiger partial charge in [0.1, 0.15) is 0 Å². The minimum absolute atomic E-state index is 0.209. The van der Waals surface area contributed by atoms with Crippen molar-refractivity contribution in [3.63, 3.8) is 0 Å². The Morgan fingerprint density at radius 1 is 1.00 bits per heavy atom. The number of aromatic hydroxyl groups is 1. The van der Waals surface area contributed by atoms with E-state index in [0.717, 1.165) is 16.9 Å². The molecule has 0 fully saturated rings. The number of rotatable bonds is 2. The molecule has 3 aromatic rings. The van der Waals surface area contributed by atoms with E-state index in [1.54, 1.807) is 0 Å². The van der Waals surface area contributed by atoms with E-state index in [4.69, 9.17) is 0 Å². The Morgan fingerprint density at radius 2 is 1.75 bits per heavy atom. The van der Waals surface area contributed by atoms with Crippen LogP contribution in [-0.2, 0) is 0 Å². The van der Waals surface area contributed by atoms with Crippen molar-refractivity contribution < 1.29 is 9.51 Å². The van der Waals surface area contributed by atoms with Gasteiger partial charge in [-0.05, 0) is 22.7 Å². The van der Waals surface area contributed by atoms with E-state index < -0.39 is 0 Å². The lowest BCUT2D eigenvalue weighted by molar-refractivity contribution is -0.523. The molecule has 0 atom stereocenters. The Bertz CT molecular complexity index is 780. The monoisotopic (exact) mass is 263 g/mol. The van der Waals surface area contributed by atoms with E-state index in [1.165, 1.54) is 0 Å². The normalized spacial score (nSPS) is 11.2. The molecule has 0 saturated heterocycles. The second-order valence-electron chi connectivity index (χ2n) is 4.60. The van der Waals surface area contributed by atoms with E-state index in [9.17, 15) is 5.11 Å². The summed E-state index contributed by atoms with van der Waals surface area (Å²) in [6.45, 7) is 1.88. The number of hydrogen-bond donors (Lipinski definition) is 1. The molecule has 20 heavy (non-hydrogen) atoms. The number of aryl methyl sites for hydroxylation is 1. The first kappa shape index (κ1) is 12.4. The van der Waals surface area contributed by atoms with Crippen molar-refractivity contribution in [3.8, 4) is 5.75 Å². The summed E-state index contributed by atoms with van der Waals surface area (Å²) in [4.78, 5) is 4.48. The third-order valence-electron chi connectivity index (χ3n) is 3.25. The highest BCUT2D eigenvalue weighted by Crippen LogP contribution is 2.20. The third-order valence-corrected chi connectivity index (χ3v) is 3.25. The van der Waals surface area contributed by atoms with Gasteiger partial charge in [0.2, 0.25) is 11.4 Å². The number of pyridine rings is 1. The third kappa shape index (κ3) is 2.26. The first-order chi connectivity index (χ1) is 9.75. The summed E-state index contributed by atoms with van der Waals surface area (Å²) in [6, 6.07) is 15.7. The van der Waals surface area contributed by atoms with Crippen LogP contribution in [0.1, 0.15) is 17.0 Å². The quantitative estimate of drug-likeness (QED) is 0.722. The molecule has 0 aliphatic carbocycles. The molecule has 0 saturated carbocycles. The van der Waals surface area contributed by atoms with E-state index in [-0.39, 0.29) is 5.75 Å². The van der Waals surface area contributed by atoms with Crippen LogP contribution in [-0.4, -0.2) is 10.1 Å². The standard InChI is InChI=1S/C17H14N2O/c1-13-17(20)15(11-10-14-7-3-2-4-8-14)18-16-9-5-6-12-19(13)16/h2-12H,1H3/p+1. The molecule has 0 amide bonds. The van der Waals surface area contributed by atoms with Crippen LogP contribution in [0.2, 0.25) is 0 Å². The van der Waals surface area contributed by atoms with Gasteiger partial charge in [-0.2, -0.15) is 4.40 Å². The second-order valence-corrected chi connectivity index (χ2v) is 4.60. The lowest BCUT2D eigenvalue weighted by atomic mass is 10.2. The summed E-state index contributed by atoms with van der Waals surface area (Å²) in [5.74, 6) is 0.209. The summed E-state index contributed by atoms with van der Waals surface area (Å²) in [6.07, 6.45) is 5.67. The van der Waals surface area contributed by atoms with Crippen molar-refractivity contribution in [1.82, 2.24) is 4.98 Å². The van der Waals surface area contributed by atoms with Crippen LogP contribution in [0.4, 0.5) is 0 Å². The lowest BCUT2D eigenvalue weighted by Crippen LogP contribution is -2.26. The maximum atomic E-state index is 10.2. The summed E-state index contributed by atoms with van der Waals surface area (Å²) in [5.41, 5.74) is 3.25. The molecule has 2 aromatic heterocycles. The SMILES string of the molecule is Cc1c(O)c(C=Cc2ccccc2)nc2cccc[n+]12. The van der Waals surface area contributed by atoms with Crippen LogP contribution in [0.5, 0.6) is 5.75 Å². The van der Waals surface area contributed by atoms with Crippen LogP contribution in [0.25, 0.3) is 17.8 Å². The topological polar surface area (TPSA) is 37.2 Å². The molecule has 98 valence electrons. The Morgan fingerprint density at radius 3 is 2.55 bits per heavy atom.